The highest BCUT2D eigenvalue weighted by Crippen LogP contribution is 2.31. The predicted octanol–water partition coefficient (Wildman–Crippen LogP) is 3.92. The molecule has 2 amide bonds. The summed E-state index contributed by atoms with van der Waals surface area (Å²) < 4.78 is 25.0. The van der Waals surface area contributed by atoms with Crippen molar-refractivity contribution in [1.29, 1.82) is 0 Å². The second-order valence-electron chi connectivity index (χ2n) is 5.04. The van der Waals surface area contributed by atoms with Crippen molar-refractivity contribution < 1.29 is 18.1 Å². The van der Waals surface area contributed by atoms with Gasteiger partial charge < -0.3 is 10.6 Å². The smallest absolute Gasteiger partial charge is 0.306 e. The maximum atomic E-state index is 12.1. The largest absolute Gasteiger partial charge is 0.323 e. The van der Waals surface area contributed by atoms with Crippen molar-refractivity contribution in [3.8, 4) is 0 Å². The molecule has 0 unspecified atom stereocenters. The summed E-state index contributed by atoms with van der Waals surface area (Å²) in [5, 5.41) is 16.1. The molecule has 12 heteroatoms. The van der Waals surface area contributed by atoms with Gasteiger partial charge in [0.05, 0.1) is 38.3 Å². The van der Waals surface area contributed by atoms with Gasteiger partial charge in [0.15, 0.2) is 0 Å². The average Bonchev–Trinajstić information content (AvgIpc) is 2.52. The van der Waals surface area contributed by atoms with E-state index < -0.39 is 21.0 Å². The van der Waals surface area contributed by atoms with Crippen molar-refractivity contribution in [2.24, 2.45) is 0 Å². The van der Waals surface area contributed by atoms with Crippen LogP contribution in [0.25, 0.3) is 0 Å². The first kappa shape index (κ1) is 19.8. The number of nitro groups is 1. The molecule has 0 fully saturated rings. The summed E-state index contributed by atoms with van der Waals surface area (Å²) in [7, 11) is -3.73. The van der Waals surface area contributed by atoms with E-state index in [-0.39, 0.29) is 32.8 Å². The summed E-state index contributed by atoms with van der Waals surface area (Å²) >= 11 is 11.8. The van der Waals surface area contributed by atoms with Crippen LogP contribution in [0.2, 0.25) is 10.0 Å². The minimum absolute atomic E-state index is 0.0108. The Morgan fingerprint density at radius 2 is 1.73 bits per heavy atom. The maximum Gasteiger partial charge on any atom is 0.323 e. The number of hydrogen-bond acceptors (Lipinski definition) is 5. The second kappa shape index (κ2) is 7.77. The molecule has 26 heavy (non-hydrogen) atoms. The molecule has 0 aliphatic rings. The van der Waals surface area contributed by atoms with E-state index in [1.807, 2.05) is 0 Å². The van der Waals surface area contributed by atoms with E-state index in [4.69, 9.17) is 23.2 Å². The lowest BCUT2D eigenvalue weighted by molar-refractivity contribution is -0.384. The topological polar surface area (TPSA) is 130 Å². The van der Waals surface area contributed by atoms with Gasteiger partial charge in [-0.25, -0.2) is 13.2 Å². The lowest BCUT2D eigenvalue weighted by Gasteiger charge is -2.13. The first-order valence-corrected chi connectivity index (χ1v) is 9.50. The van der Waals surface area contributed by atoms with Gasteiger partial charge in [0.25, 0.3) is 5.69 Å². The Hall–Kier alpha value is -2.56. The molecule has 138 valence electrons. The van der Waals surface area contributed by atoms with Crippen molar-refractivity contribution in [1.82, 2.24) is 0 Å². The van der Waals surface area contributed by atoms with Crippen LogP contribution >= 0.6 is 23.2 Å². The van der Waals surface area contributed by atoms with Crippen LogP contribution in [0.3, 0.4) is 0 Å². The van der Waals surface area contributed by atoms with E-state index in [1.54, 1.807) is 6.07 Å². The molecule has 0 bridgehead atoms. The maximum absolute atomic E-state index is 12.1. The Labute approximate surface area is 158 Å². The highest BCUT2D eigenvalue weighted by molar-refractivity contribution is 7.92. The molecular weight excluding hydrogens is 407 g/mol. The lowest BCUT2D eigenvalue weighted by Crippen LogP contribution is -2.21. The van der Waals surface area contributed by atoms with Crippen molar-refractivity contribution in [3.63, 3.8) is 0 Å². The lowest BCUT2D eigenvalue weighted by atomic mass is 10.2. The normalized spacial score (nSPS) is 10.9. The number of non-ortho nitro benzene ring substituents is 1. The summed E-state index contributed by atoms with van der Waals surface area (Å²) in [5.41, 5.74) is -0.262. The zero-order valence-corrected chi connectivity index (χ0v) is 15.4. The molecule has 0 aliphatic heterocycles. The number of anilines is 3. The van der Waals surface area contributed by atoms with Gasteiger partial charge in [0, 0.05) is 12.1 Å². The molecule has 0 spiro atoms. The fourth-order valence-electron chi connectivity index (χ4n) is 1.92. The minimum atomic E-state index is -3.73. The fraction of sp³-hybridized carbons (Fsp3) is 0.0714. The number of nitro benzene ring substituents is 1. The average molecular weight is 419 g/mol. The number of rotatable bonds is 5. The van der Waals surface area contributed by atoms with Crippen LogP contribution in [0.1, 0.15) is 0 Å². The Kier molecular flexibility index (Phi) is 5.90. The zero-order valence-electron chi connectivity index (χ0n) is 13.1. The van der Waals surface area contributed by atoms with Crippen LogP contribution in [-0.4, -0.2) is 25.6 Å². The van der Waals surface area contributed by atoms with Gasteiger partial charge in [-0.1, -0.05) is 29.3 Å². The highest BCUT2D eigenvalue weighted by Gasteiger charge is 2.16. The van der Waals surface area contributed by atoms with Crippen molar-refractivity contribution in [3.05, 3.63) is 56.6 Å². The molecule has 0 aromatic heterocycles. The van der Waals surface area contributed by atoms with Crippen molar-refractivity contribution in [2.45, 2.75) is 0 Å². The SMILES string of the molecule is CS(=O)(=O)Nc1cc([N+](=O)[O-])ccc1NC(=O)Nc1cccc(Cl)c1Cl. The molecule has 0 saturated heterocycles. The number of hydrogen-bond donors (Lipinski definition) is 3. The van der Waals surface area contributed by atoms with Gasteiger partial charge >= 0.3 is 6.03 Å². The van der Waals surface area contributed by atoms with Gasteiger partial charge in [-0.3, -0.25) is 14.8 Å². The van der Waals surface area contributed by atoms with Crippen LogP contribution in [0.15, 0.2) is 36.4 Å². The Morgan fingerprint density at radius 3 is 2.35 bits per heavy atom. The van der Waals surface area contributed by atoms with Gasteiger partial charge in [0.2, 0.25) is 10.0 Å². The first-order valence-electron chi connectivity index (χ1n) is 6.85. The minimum Gasteiger partial charge on any atom is -0.306 e. The second-order valence-corrected chi connectivity index (χ2v) is 7.58. The number of nitrogens with one attached hydrogen (secondary N) is 3. The fourth-order valence-corrected chi connectivity index (χ4v) is 2.83. The van der Waals surface area contributed by atoms with E-state index in [2.05, 4.69) is 15.4 Å². The summed E-state index contributed by atoms with van der Waals surface area (Å²) in [4.78, 5) is 22.3. The molecule has 2 rings (SSSR count). The third-order valence-corrected chi connectivity index (χ3v) is 4.37. The number of sulfonamides is 1. The monoisotopic (exact) mass is 418 g/mol. The molecule has 0 heterocycles. The zero-order chi connectivity index (χ0) is 19.5. The standard InChI is InChI=1S/C14H12Cl2N4O5S/c1-26(24,25)19-12-7-8(20(22)23)5-6-10(12)17-14(21)18-11-4-2-3-9(15)13(11)16/h2-7,19H,1H3,(H2,17,18,21). The molecule has 0 radical (unpaired) electrons. The molecule has 3 N–H and O–H groups in total. The Morgan fingerprint density at radius 1 is 1.08 bits per heavy atom. The van der Waals surface area contributed by atoms with Gasteiger partial charge in [-0.15, -0.1) is 0 Å². The number of amides is 2. The number of carbonyl (C=O) groups is 1. The highest BCUT2D eigenvalue weighted by atomic mass is 35.5. The van der Waals surface area contributed by atoms with E-state index in [1.165, 1.54) is 18.2 Å². The number of nitrogens with zero attached hydrogens (tertiary/aromatic N) is 1. The number of carbonyl (C=O) groups excluding carboxylic acids is 1. The first-order chi connectivity index (χ1) is 12.1. The van der Waals surface area contributed by atoms with Crippen LogP contribution < -0.4 is 15.4 Å². The third-order valence-electron chi connectivity index (χ3n) is 2.96. The van der Waals surface area contributed by atoms with Gasteiger partial charge in [0.1, 0.15) is 0 Å². The molecule has 2 aromatic rings. The molecule has 0 atom stereocenters. The van der Waals surface area contributed by atoms with Crippen LogP contribution in [0, 0.1) is 10.1 Å². The van der Waals surface area contributed by atoms with Gasteiger partial charge in [-0.05, 0) is 18.2 Å². The molecular formula is C14H12Cl2N4O5S. The predicted molar refractivity (Wildman–Crippen MR) is 101 cm³/mol. The molecule has 0 saturated carbocycles. The van der Waals surface area contributed by atoms with Gasteiger partial charge in [-0.2, -0.15) is 0 Å². The number of halogens is 2. The summed E-state index contributed by atoms with van der Waals surface area (Å²) in [6.07, 6.45) is 0.876. The molecule has 0 aliphatic carbocycles. The summed E-state index contributed by atoms with van der Waals surface area (Å²) in [6, 6.07) is 7.19. The van der Waals surface area contributed by atoms with Crippen molar-refractivity contribution in [2.75, 3.05) is 21.6 Å². The van der Waals surface area contributed by atoms with Crippen LogP contribution in [-0.2, 0) is 10.0 Å². The summed E-state index contributed by atoms with van der Waals surface area (Å²) in [5.74, 6) is 0. The quantitative estimate of drug-likeness (QED) is 0.500. The molecule has 2 aromatic carbocycles. The number of benzene rings is 2. The Bertz CT molecular complexity index is 981. The third kappa shape index (κ3) is 5.22. The van der Waals surface area contributed by atoms with E-state index in [9.17, 15) is 23.3 Å². The van der Waals surface area contributed by atoms with Crippen LogP contribution in [0.5, 0.6) is 0 Å². The van der Waals surface area contributed by atoms with E-state index in [0.29, 0.717) is 0 Å². The van der Waals surface area contributed by atoms with Crippen molar-refractivity contribution >= 4 is 62.0 Å². The van der Waals surface area contributed by atoms with E-state index >= 15 is 0 Å². The molecule has 9 nitrogen and oxygen atoms in total. The van der Waals surface area contributed by atoms with E-state index in [0.717, 1.165) is 18.4 Å². The number of urea groups is 1. The summed E-state index contributed by atoms with van der Waals surface area (Å²) in [6.45, 7) is 0. The van der Waals surface area contributed by atoms with Crippen LogP contribution in [0.4, 0.5) is 27.5 Å². The Balaban J connectivity index is 2.28.